The van der Waals surface area contributed by atoms with E-state index < -0.39 is 20.6 Å². The molecule has 1 saturated heterocycles. The summed E-state index contributed by atoms with van der Waals surface area (Å²) in [7, 11) is -0.873. The van der Waals surface area contributed by atoms with Crippen molar-refractivity contribution in [1.82, 2.24) is 19.0 Å². The largest absolute Gasteiger partial charge is 0.481 e. The Morgan fingerprint density at radius 2 is 1.72 bits per heavy atom. The van der Waals surface area contributed by atoms with Crippen LogP contribution in [0.25, 0.3) is 0 Å². The zero-order valence-corrected chi connectivity index (χ0v) is 38.2. The predicted molar refractivity (Wildman–Crippen MR) is 241 cm³/mol. The first-order valence-electron chi connectivity index (χ1n) is 22.4. The van der Waals surface area contributed by atoms with Gasteiger partial charge in [0.2, 0.25) is 5.88 Å². The number of hydrogen-bond donors (Lipinski definition) is 2. The number of nitrogens with zero attached hydrogens (tertiary/aromatic N) is 3. The number of aromatic nitrogens is 2. The average Bonchev–Trinajstić information content (AvgIpc) is 3.75. The van der Waals surface area contributed by atoms with Crippen LogP contribution in [0.2, 0.25) is 0 Å². The third kappa shape index (κ3) is 6.68. The number of aliphatic carboxylic acids is 1. The number of fused-ring (bicyclic) bond motifs is 7. The quantitative estimate of drug-likeness (QED) is 0.180. The molecule has 5 fully saturated rings. The molecule has 0 spiro atoms. The highest BCUT2D eigenvalue weighted by Crippen LogP contribution is 2.76. The zero-order valence-electron chi connectivity index (χ0n) is 36.5. The summed E-state index contributed by atoms with van der Waals surface area (Å²) in [5.74, 6) is 14.2. The molecule has 8 rings (SSSR count). The number of allylic oxidation sites excluding steroid dienone is 5. The Labute approximate surface area is 349 Å². The minimum Gasteiger partial charge on any atom is -0.481 e. The van der Waals surface area contributed by atoms with Crippen molar-refractivity contribution in [1.29, 1.82) is 0 Å². The maximum atomic E-state index is 12.7. The van der Waals surface area contributed by atoms with Crippen LogP contribution in [0.5, 0.6) is 5.88 Å². The van der Waals surface area contributed by atoms with E-state index in [1.54, 1.807) is 0 Å². The van der Waals surface area contributed by atoms with Crippen molar-refractivity contribution in [2.45, 2.75) is 131 Å². The van der Waals surface area contributed by atoms with Crippen LogP contribution in [-0.2, 0) is 4.79 Å². The number of aryl methyl sites for hydroxylation is 1. The van der Waals surface area contributed by atoms with Gasteiger partial charge in [-0.05, 0) is 165 Å². The van der Waals surface area contributed by atoms with Crippen LogP contribution < -0.4 is 10.1 Å². The molecule has 2 N–H and O–H groups in total. The molecule has 0 radical (unpaired) electrons. The Morgan fingerprint density at radius 3 is 2.37 bits per heavy atom. The molecule has 6 aliphatic carbocycles. The number of carboxylic acid groups (broad SMARTS) is 1. The predicted octanol–water partition coefficient (Wildman–Crippen LogP) is 9.93. The topological polar surface area (TPSA) is 87.6 Å². The highest BCUT2D eigenvalue weighted by Gasteiger charge is 2.70. The van der Waals surface area contributed by atoms with Crippen LogP contribution >= 0.6 is 20.9 Å². The smallest absolute Gasteiger partial charge is 0.313 e. The van der Waals surface area contributed by atoms with Gasteiger partial charge in [0.25, 0.3) is 0 Å². The summed E-state index contributed by atoms with van der Waals surface area (Å²) in [6.45, 7) is 26.8. The van der Waals surface area contributed by atoms with E-state index in [9.17, 15) is 9.90 Å². The number of carbonyl (C=O) groups is 1. The van der Waals surface area contributed by atoms with E-state index in [0.29, 0.717) is 53.2 Å². The van der Waals surface area contributed by atoms with Gasteiger partial charge in [-0.2, -0.15) is 4.37 Å². The standard InChI is InChI=1S/C48H74N4O3S2/c1-32(2)35-15-22-48(49-25-26-52-27-29-57(9,10)30-28-52)24-23-45(7)37(40(35)48)11-12-39-44(6)18-16-36(43(4,5)38(44)17-19-46(39,45)8)34-13-20-47(21-14-34,42(53)54)31-55-41-33(3)50-56-51-41/h13,16,35,37-40,49H,1,9-12,14-15,17-31H2,2-8H3,(H,53,54)/t35-,37+,38-,39+,40+,44-,45+,46+,47?,48-/m0/s1. The van der Waals surface area contributed by atoms with E-state index in [-0.39, 0.29) is 23.0 Å². The fraction of sp³-hybridized carbons (Fsp3) is 0.771. The van der Waals surface area contributed by atoms with Crippen molar-refractivity contribution < 1.29 is 14.6 Å². The summed E-state index contributed by atoms with van der Waals surface area (Å²) in [5, 5.41) is 14.8. The Bertz CT molecular complexity index is 1920. The lowest BCUT2D eigenvalue weighted by atomic mass is 9.33. The van der Waals surface area contributed by atoms with Crippen molar-refractivity contribution >= 4 is 38.6 Å². The lowest BCUT2D eigenvalue weighted by Gasteiger charge is -2.72. The lowest BCUT2D eigenvalue weighted by molar-refractivity contribution is -0.221. The summed E-state index contributed by atoms with van der Waals surface area (Å²) < 4.78 is 14.4. The van der Waals surface area contributed by atoms with E-state index in [1.807, 2.05) is 6.92 Å². The summed E-state index contributed by atoms with van der Waals surface area (Å²) in [6.07, 6.45) is 18.3. The van der Waals surface area contributed by atoms with Gasteiger partial charge in [-0.1, -0.05) is 70.7 Å². The maximum Gasteiger partial charge on any atom is 0.313 e. The molecule has 10 atom stereocenters. The van der Waals surface area contributed by atoms with Crippen molar-refractivity contribution in [3.63, 3.8) is 0 Å². The van der Waals surface area contributed by atoms with Crippen LogP contribution in [0.15, 0.2) is 35.5 Å². The minimum atomic E-state index is -0.939. The second-order valence-electron chi connectivity index (χ2n) is 21.7. The third-order valence-corrected chi connectivity index (χ3v) is 21.4. The molecule has 7 aliphatic rings. The lowest BCUT2D eigenvalue weighted by Crippen LogP contribution is -2.68. The van der Waals surface area contributed by atoms with Crippen molar-refractivity contribution in [2.24, 2.45) is 56.7 Å². The second-order valence-corrected chi connectivity index (χ2v) is 25.5. The molecule has 0 aromatic carbocycles. The molecular formula is C48H74N4O3S2. The van der Waals surface area contributed by atoms with Crippen molar-refractivity contribution in [3.8, 4) is 5.88 Å². The summed E-state index contributed by atoms with van der Waals surface area (Å²) in [5.41, 5.74) is 5.19. The molecule has 9 heteroatoms. The van der Waals surface area contributed by atoms with Crippen LogP contribution in [-0.4, -0.2) is 86.3 Å². The summed E-state index contributed by atoms with van der Waals surface area (Å²) in [6, 6.07) is 0. The van der Waals surface area contributed by atoms with Gasteiger partial charge < -0.3 is 20.1 Å². The van der Waals surface area contributed by atoms with E-state index >= 15 is 0 Å². The highest BCUT2D eigenvalue weighted by molar-refractivity contribution is 8.27. The zero-order chi connectivity index (χ0) is 40.8. The van der Waals surface area contributed by atoms with Crippen LogP contribution in [0.4, 0.5) is 0 Å². The van der Waals surface area contributed by atoms with E-state index in [4.69, 9.17) is 4.74 Å². The van der Waals surface area contributed by atoms with Crippen LogP contribution in [0, 0.1) is 63.6 Å². The number of hydrogen-bond acceptors (Lipinski definition) is 7. The Kier molecular flexibility index (Phi) is 10.7. The first-order valence-corrected chi connectivity index (χ1v) is 25.5. The van der Waals surface area contributed by atoms with Gasteiger partial charge in [0.15, 0.2) is 0 Å². The van der Waals surface area contributed by atoms with Crippen molar-refractivity contribution in [3.05, 3.63) is 41.1 Å². The third-order valence-electron chi connectivity index (χ3n) is 18.7. The molecular weight excluding hydrogens is 745 g/mol. The molecule has 1 aromatic rings. The minimum absolute atomic E-state index is 0.0294. The fourth-order valence-corrected chi connectivity index (χ4v) is 17.2. The monoisotopic (exact) mass is 819 g/mol. The molecule has 7 nitrogen and oxygen atoms in total. The fourth-order valence-electron chi connectivity index (χ4n) is 15.2. The van der Waals surface area contributed by atoms with Gasteiger partial charge in [-0.15, -0.1) is 4.37 Å². The van der Waals surface area contributed by atoms with Gasteiger partial charge >= 0.3 is 5.97 Å². The Hall–Kier alpha value is -1.94. The van der Waals surface area contributed by atoms with E-state index in [1.165, 1.54) is 79.6 Å². The first kappa shape index (κ1) is 41.8. The molecule has 0 amide bonds. The molecule has 0 bridgehead atoms. The molecule has 57 heavy (non-hydrogen) atoms. The Balaban J connectivity index is 1.01. The molecule has 4 saturated carbocycles. The molecule has 1 aromatic heterocycles. The molecule has 1 aliphatic heterocycles. The van der Waals surface area contributed by atoms with Gasteiger partial charge in [-0.25, -0.2) is 9.21 Å². The molecule has 1 unspecified atom stereocenters. The van der Waals surface area contributed by atoms with Crippen LogP contribution in [0.3, 0.4) is 0 Å². The first-order chi connectivity index (χ1) is 26.8. The second kappa shape index (κ2) is 14.6. The normalized spacial score (nSPS) is 42.4. The van der Waals surface area contributed by atoms with Gasteiger partial charge in [-0.3, -0.25) is 4.79 Å². The summed E-state index contributed by atoms with van der Waals surface area (Å²) >= 11 is 1.11. The SMILES string of the molecule is C=C(C)[C@@H]1CC[C@]2(NCCN3CCS(=C)(=C)CC3)CC[C@]3(C)[C@H](CC[C@@H]4[C@@]5(C)CC=C(C6=CCC(COc7nsnc7C)(C(=O)O)CC6)C(C)(C)[C@@H]5CC[C@]43C)[C@@H]12. The summed E-state index contributed by atoms with van der Waals surface area (Å²) in [4.78, 5) is 15.4. The number of nitrogens with one attached hydrogen (secondary N) is 1. The molecule has 316 valence electrons. The van der Waals surface area contributed by atoms with Gasteiger partial charge in [0.05, 0.1) is 11.7 Å². The number of rotatable bonds is 10. The maximum absolute atomic E-state index is 12.7. The molecule has 2 heterocycles. The van der Waals surface area contributed by atoms with Gasteiger partial charge in [0, 0.05) is 31.7 Å². The van der Waals surface area contributed by atoms with E-state index in [2.05, 4.69) is 91.0 Å². The average molecular weight is 819 g/mol. The highest BCUT2D eigenvalue weighted by atomic mass is 32.2. The van der Waals surface area contributed by atoms with Crippen molar-refractivity contribution in [2.75, 3.05) is 44.3 Å². The number of ether oxygens (including phenoxy) is 1. The Morgan fingerprint density at radius 1 is 0.965 bits per heavy atom. The van der Waals surface area contributed by atoms with Crippen LogP contribution in [0.1, 0.15) is 124 Å². The van der Waals surface area contributed by atoms with E-state index in [0.717, 1.165) is 62.4 Å². The van der Waals surface area contributed by atoms with Gasteiger partial charge in [0.1, 0.15) is 17.7 Å². The number of carboxylic acids is 1.